The largest absolute Gasteiger partial charge is 0.300 e. The van der Waals surface area contributed by atoms with Crippen molar-refractivity contribution in [3.8, 4) is 0 Å². The zero-order valence-corrected chi connectivity index (χ0v) is 18.8. The molecule has 3 heterocycles. The van der Waals surface area contributed by atoms with Gasteiger partial charge in [-0.25, -0.2) is 0 Å². The molecule has 0 N–H and O–H groups in total. The summed E-state index contributed by atoms with van der Waals surface area (Å²) in [5, 5.41) is 27.5. The van der Waals surface area contributed by atoms with Gasteiger partial charge < -0.3 is 0 Å². The number of benzene rings is 3. The molecule has 0 aliphatic heterocycles. The van der Waals surface area contributed by atoms with Gasteiger partial charge in [0, 0.05) is 18.8 Å². The van der Waals surface area contributed by atoms with Crippen molar-refractivity contribution in [2.24, 2.45) is 5.92 Å². The van der Waals surface area contributed by atoms with Gasteiger partial charge in [-0.15, -0.1) is 15.3 Å². The summed E-state index contributed by atoms with van der Waals surface area (Å²) in [7, 11) is 0. The van der Waals surface area contributed by atoms with Gasteiger partial charge in [0.15, 0.2) is 0 Å². The van der Waals surface area contributed by atoms with Crippen molar-refractivity contribution < 1.29 is 4.79 Å². The number of ketones is 1. The second kappa shape index (κ2) is 7.52. The summed E-state index contributed by atoms with van der Waals surface area (Å²) in [5.41, 5.74) is 4.66. The number of carbonyl (C=O) groups is 1. The Hall–Kier alpha value is -4.47. The van der Waals surface area contributed by atoms with E-state index in [-0.39, 0.29) is 11.7 Å². The van der Waals surface area contributed by atoms with Crippen LogP contribution in [0.25, 0.3) is 33.1 Å². The molecule has 0 spiro atoms. The number of para-hydroxylation sites is 3. The lowest BCUT2D eigenvalue weighted by molar-refractivity contribution is -0.124. The molecule has 1 aliphatic carbocycles. The van der Waals surface area contributed by atoms with Crippen molar-refractivity contribution in [2.75, 3.05) is 0 Å². The average Bonchev–Trinajstić information content (AvgIpc) is 3.63. The van der Waals surface area contributed by atoms with Gasteiger partial charge in [0.25, 0.3) is 5.79 Å². The summed E-state index contributed by atoms with van der Waals surface area (Å²) in [6.45, 7) is 0. The summed E-state index contributed by atoms with van der Waals surface area (Å²) in [6.07, 6.45) is 2.48. The van der Waals surface area contributed by atoms with Gasteiger partial charge in [-0.1, -0.05) is 52.0 Å². The molecule has 0 radical (unpaired) electrons. The van der Waals surface area contributed by atoms with Gasteiger partial charge in [-0.05, 0) is 49.2 Å². The van der Waals surface area contributed by atoms with E-state index in [1.54, 1.807) is 0 Å². The third kappa shape index (κ3) is 2.79. The summed E-state index contributed by atoms with van der Waals surface area (Å²) in [5.74, 6) is -1.19. The van der Waals surface area contributed by atoms with Crippen molar-refractivity contribution in [1.82, 2.24) is 45.0 Å². The third-order valence-electron chi connectivity index (χ3n) is 7.02. The van der Waals surface area contributed by atoms with Crippen molar-refractivity contribution in [1.29, 1.82) is 0 Å². The maximum absolute atomic E-state index is 12.9. The van der Waals surface area contributed by atoms with Crippen LogP contribution in [-0.4, -0.2) is 50.8 Å². The normalized spacial score (nSPS) is 17.0. The highest BCUT2D eigenvalue weighted by molar-refractivity contribution is 5.81. The average molecular weight is 464 g/mol. The van der Waals surface area contributed by atoms with E-state index in [4.69, 9.17) is 0 Å². The van der Waals surface area contributed by atoms with Crippen molar-refractivity contribution in [3.63, 3.8) is 0 Å². The number of carbonyl (C=O) groups excluding carboxylic acids is 1. The first-order valence-corrected chi connectivity index (χ1v) is 11.7. The Morgan fingerprint density at radius 1 is 0.657 bits per heavy atom. The number of aromatic nitrogens is 9. The van der Waals surface area contributed by atoms with E-state index in [1.165, 1.54) is 0 Å². The predicted molar refractivity (Wildman–Crippen MR) is 128 cm³/mol. The predicted octanol–water partition coefficient (Wildman–Crippen LogP) is 3.39. The summed E-state index contributed by atoms with van der Waals surface area (Å²) in [6, 6.07) is 23.4. The standard InChI is InChI=1S/C25H21N9O/c35-18-9-7-8-17(16-18)25(32-22-13-4-1-10-19(22)26-29-32,33-23-14-5-2-11-20(23)27-30-33)34-24-15-6-3-12-21(24)28-31-34/h1-6,10-15,17H,7-9,16H2. The van der Waals surface area contributed by atoms with Crippen LogP contribution in [0.2, 0.25) is 0 Å². The molecule has 6 aromatic rings. The van der Waals surface area contributed by atoms with Crippen LogP contribution in [0.4, 0.5) is 0 Å². The lowest BCUT2D eigenvalue weighted by Gasteiger charge is -2.42. The molecule has 10 nitrogen and oxygen atoms in total. The highest BCUT2D eigenvalue weighted by Gasteiger charge is 2.51. The van der Waals surface area contributed by atoms with Crippen LogP contribution in [0.1, 0.15) is 25.7 Å². The summed E-state index contributed by atoms with van der Waals surface area (Å²) < 4.78 is 5.56. The van der Waals surface area contributed by atoms with E-state index in [9.17, 15) is 4.79 Å². The monoisotopic (exact) mass is 463 g/mol. The molecule has 1 aliphatic rings. The van der Waals surface area contributed by atoms with E-state index < -0.39 is 5.79 Å². The van der Waals surface area contributed by atoms with E-state index >= 15 is 0 Å². The zero-order valence-electron chi connectivity index (χ0n) is 18.8. The lowest BCUT2D eigenvalue weighted by Crippen LogP contribution is -2.56. The molecule has 10 heteroatoms. The van der Waals surface area contributed by atoms with Crippen LogP contribution in [0.3, 0.4) is 0 Å². The van der Waals surface area contributed by atoms with Crippen LogP contribution in [-0.2, 0) is 10.6 Å². The van der Waals surface area contributed by atoms with Crippen LogP contribution in [0.5, 0.6) is 0 Å². The van der Waals surface area contributed by atoms with Gasteiger partial charge in [-0.3, -0.25) is 4.79 Å². The first-order chi connectivity index (χ1) is 17.3. The van der Waals surface area contributed by atoms with E-state index in [1.807, 2.05) is 86.8 Å². The van der Waals surface area contributed by atoms with Crippen LogP contribution < -0.4 is 0 Å². The van der Waals surface area contributed by atoms with Crippen LogP contribution in [0, 0.1) is 5.92 Å². The molecule has 3 aromatic heterocycles. The maximum Gasteiger partial charge on any atom is 0.258 e. The molecule has 3 aromatic carbocycles. The third-order valence-corrected chi connectivity index (χ3v) is 7.02. The minimum atomic E-state index is -1.18. The highest BCUT2D eigenvalue weighted by atomic mass is 16.1. The smallest absolute Gasteiger partial charge is 0.258 e. The minimum absolute atomic E-state index is 0.212. The molecule has 1 atom stereocenters. The van der Waals surface area contributed by atoms with Gasteiger partial charge in [0.1, 0.15) is 22.3 Å². The number of rotatable bonds is 4. The maximum atomic E-state index is 12.9. The Balaban J connectivity index is 1.67. The van der Waals surface area contributed by atoms with E-state index in [0.29, 0.717) is 12.8 Å². The SMILES string of the molecule is O=C1CCCC(C(n2nnc3ccccc32)(n2nnc3ccccc32)n2nnc3ccccc32)C1. The van der Waals surface area contributed by atoms with Crippen molar-refractivity contribution in [3.05, 3.63) is 72.8 Å². The molecule has 0 amide bonds. The molecule has 1 fully saturated rings. The van der Waals surface area contributed by atoms with Gasteiger partial charge >= 0.3 is 0 Å². The summed E-state index contributed by atoms with van der Waals surface area (Å²) in [4.78, 5) is 12.9. The molecular weight excluding hydrogens is 442 g/mol. The van der Waals surface area contributed by atoms with E-state index in [2.05, 4.69) is 30.9 Å². The Labute approximate surface area is 199 Å². The van der Waals surface area contributed by atoms with Crippen LogP contribution in [0.15, 0.2) is 72.8 Å². The second-order valence-corrected chi connectivity index (χ2v) is 8.99. The molecule has 0 saturated heterocycles. The highest BCUT2D eigenvalue weighted by Crippen LogP contribution is 2.42. The molecule has 7 rings (SSSR count). The Kier molecular flexibility index (Phi) is 4.29. The lowest BCUT2D eigenvalue weighted by atomic mass is 9.82. The fourth-order valence-electron chi connectivity index (χ4n) is 5.48. The minimum Gasteiger partial charge on any atom is -0.300 e. The van der Waals surface area contributed by atoms with E-state index in [0.717, 1.165) is 45.9 Å². The molecule has 172 valence electrons. The molecule has 35 heavy (non-hydrogen) atoms. The molecule has 1 saturated carbocycles. The number of hydrogen-bond donors (Lipinski definition) is 0. The number of Topliss-reactive ketones (excluding diaryl/α,β-unsaturated/α-hetero) is 1. The Morgan fingerprint density at radius 3 is 1.51 bits per heavy atom. The summed E-state index contributed by atoms with van der Waals surface area (Å²) >= 11 is 0. The topological polar surface area (TPSA) is 109 Å². The number of fused-ring (bicyclic) bond motifs is 3. The first-order valence-electron chi connectivity index (χ1n) is 11.7. The molecule has 1 unspecified atom stereocenters. The Morgan fingerprint density at radius 2 is 1.09 bits per heavy atom. The van der Waals surface area contributed by atoms with Gasteiger partial charge in [0.05, 0.1) is 16.6 Å². The quantitative estimate of drug-likeness (QED) is 0.394. The first kappa shape index (κ1) is 20.0. The van der Waals surface area contributed by atoms with Gasteiger partial charge in [0.2, 0.25) is 0 Å². The second-order valence-electron chi connectivity index (χ2n) is 8.99. The fraction of sp³-hybridized carbons (Fsp3) is 0.240. The zero-order chi connectivity index (χ0) is 23.4. The fourth-order valence-corrected chi connectivity index (χ4v) is 5.48. The molecule has 0 bridgehead atoms. The van der Waals surface area contributed by atoms with Crippen LogP contribution >= 0.6 is 0 Å². The van der Waals surface area contributed by atoms with Gasteiger partial charge in [-0.2, -0.15) is 14.0 Å². The molecular formula is C25H21N9O. The number of hydrogen-bond acceptors (Lipinski definition) is 7. The number of nitrogens with zero attached hydrogens (tertiary/aromatic N) is 9. The Bertz CT molecular complexity index is 1530. The van der Waals surface area contributed by atoms with Crippen molar-refractivity contribution >= 4 is 38.9 Å². The van der Waals surface area contributed by atoms with Crippen molar-refractivity contribution in [2.45, 2.75) is 31.5 Å².